The van der Waals surface area contributed by atoms with Gasteiger partial charge in [0.25, 0.3) is 5.91 Å². The monoisotopic (exact) mass is 195 g/mol. The first-order valence-corrected chi connectivity index (χ1v) is 5.38. The van der Waals surface area contributed by atoms with Gasteiger partial charge in [0, 0.05) is 12.8 Å². The number of hydrogen-bond acceptors (Lipinski definition) is 2. The Labute approximate surface area is 84.5 Å². The van der Waals surface area contributed by atoms with Gasteiger partial charge < -0.3 is 10.1 Å². The van der Waals surface area contributed by atoms with E-state index in [1.807, 2.05) is 13.8 Å². The van der Waals surface area contributed by atoms with Crippen LogP contribution in [0.4, 0.5) is 0 Å². The third-order valence-electron chi connectivity index (χ3n) is 3.09. The molecule has 3 nitrogen and oxygen atoms in total. The largest absolute Gasteiger partial charge is 0.472 e. The summed E-state index contributed by atoms with van der Waals surface area (Å²) in [7, 11) is 0. The van der Waals surface area contributed by atoms with Gasteiger partial charge in [-0.05, 0) is 26.2 Å². The molecule has 1 unspecified atom stereocenters. The Balaban J connectivity index is 2.27. The molecule has 1 amide bonds. The summed E-state index contributed by atoms with van der Waals surface area (Å²) in [5.74, 6) is 1.01. The third-order valence-corrected chi connectivity index (χ3v) is 3.09. The molecule has 1 heterocycles. The maximum absolute atomic E-state index is 11.8. The van der Waals surface area contributed by atoms with Gasteiger partial charge in [-0.3, -0.25) is 4.79 Å². The Morgan fingerprint density at radius 3 is 2.86 bits per heavy atom. The molecule has 0 aromatic rings. The van der Waals surface area contributed by atoms with E-state index >= 15 is 0 Å². The van der Waals surface area contributed by atoms with Crippen LogP contribution >= 0.6 is 0 Å². The molecule has 1 aliphatic carbocycles. The Kier molecular flexibility index (Phi) is 2.25. The highest BCUT2D eigenvalue weighted by Crippen LogP contribution is 2.33. The van der Waals surface area contributed by atoms with Crippen LogP contribution < -0.4 is 5.32 Å². The molecule has 2 rings (SSSR count). The highest BCUT2D eigenvalue weighted by Gasteiger charge is 2.36. The average molecular weight is 195 g/mol. The van der Waals surface area contributed by atoms with Crippen molar-refractivity contribution in [3.8, 4) is 0 Å². The molecule has 2 aliphatic rings. The first-order valence-electron chi connectivity index (χ1n) is 5.38. The zero-order valence-electron chi connectivity index (χ0n) is 8.85. The van der Waals surface area contributed by atoms with Crippen molar-refractivity contribution in [3.63, 3.8) is 0 Å². The minimum atomic E-state index is -0.479. The van der Waals surface area contributed by atoms with E-state index in [2.05, 4.69) is 5.32 Å². The molecule has 3 heteroatoms. The van der Waals surface area contributed by atoms with Crippen molar-refractivity contribution >= 4 is 5.91 Å². The van der Waals surface area contributed by atoms with Gasteiger partial charge in [-0.1, -0.05) is 6.92 Å². The van der Waals surface area contributed by atoms with E-state index in [4.69, 9.17) is 4.74 Å². The van der Waals surface area contributed by atoms with Crippen LogP contribution in [0, 0.1) is 0 Å². The molecule has 0 spiro atoms. The van der Waals surface area contributed by atoms with Gasteiger partial charge in [-0.15, -0.1) is 0 Å². The van der Waals surface area contributed by atoms with E-state index in [9.17, 15) is 4.79 Å². The van der Waals surface area contributed by atoms with Crippen LogP contribution in [0.3, 0.4) is 0 Å². The Morgan fingerprint density at radius 1 is 1.43 bits per heavy atom. The Morgan fingerprint density at radius 2 is 2.14 bits per heavy atom. The maximum atomic E-state index is 11.8. The van der Waals surface area contributed by atoms with Crippen LogP contribution in [0.5, 0.6) is 0 Å². The summed E-state index contributed by atoms with van der Waals surface area (Å²) in [5, 5.41) is 2.92. The van der Waals surface area contributed by atoms with Crippen molar-refractivity contribution in [2.75, 3.05) is 0 Å². The zero-order chi connectivity index (χ0) is 10.2. The van der Waals surface area contributed by atoms with Gasteiger partial charge in [0.2, 0.25) is 0 Å². The van der Waals surface area contributed by atoms with Crippen LogP contribution in [-0.4, -0.2) is 11.6 Å². The smallest absolute Gasteiger partial charge is 0.253 e. The van der Waals surface area contributed by atoms with Crippen LogP contribution in [-0.2, 0) is 9.53 Å². The minimum Gasteiger partial charge on any atom is -0.472 e. The van der Waals surface area contributed by atoms with Crippen molar-refractivity contribution in [1.29, 1.82) is 0 Å². The summed E-state index contributed by atoms with van der Waals surface area (Å²) >= 11 is 0. The number of hydrogen-bond donors (Lipinski definition) is 1. The van der Waals surface area contributed by atoms with Gasteiger partial charge in [-0.2, -0.15) is 0 Å². The molecule has 78 valence electrons. The standard InChI is InChI=1S/C11H17NO2/c1-3-11(2)12-10(13)8-6-4-5-7-9(8)14-11/h3-7H2,1-2H3,(H,12,13). The first kappa shape index (κ1) is 9.56. The van der Waals surface area contributed by atoms with E-state index in [-0.39, 0.29) is 5.91 Å². The van der Waals surface area contributed by atoms with Crippen molar-refractivity contribution < 1.29 is 9.53 Å². The summed E-state index contributed by atoms with van der Waals surface area (Å²) < 4.78 is 5.85. The first-order chi connectivity index (χ1) is 6.64. The molecule has 14 heavy (non-hydrogen) atoms. The van der Waals surface area contributed by atoms with Crippen LogP contribution in [0.15, 0.2) is 11.3 Å². The van der Waals surface area contributed by atoms with E-state index < -0.39 is 5.72 Å². The fourth-order valence-corrected chi connectivity index (χ4v) is 2.00. The van der Waals surface area contributed by atoms with Gasteiger partial charge in [0.15, 0.2) is 5.72 Å². The van der Waals surface area contributed by atoms with Gasteiger partial charge >= 0.3 is 0 Å². The van der Waals surface area contributed by atoms with Gasteiger partial charge in [-0.25, -0.2) is 0 Å². The molecule has 1 atom stereocenters. The predicted octanol–water partition coefficient (Wildman–Crippen LogP) is 2.09. The van der Waals surface area contributed by atoms with E-state index in [0.717, 1.165) is 43.4 Å². The average Bonchev–Trinajstić information content (AvgIpc) is 2.18. The number of carbonyl (C=O) groups excluding carboxylic acids is 1. The summed E-state index contributed by atoms with van der Waals surface area (Å²) in [6.07, 6.45) is 4.86. The summed E-state index contributed by atoms with van der Waals surface area (Å²) in [6.45, 7) is 3.96. The molecule has 0 bridgehead atoms. The normalized spacial score (nSPS) is 32.0. The number of rotatable bonds is 1. The van der Waals surface area contributed by atoms with Gasteiger partial charge in [0.05, 0.1) is 5.57 Å². The highest BCUT2D eigenvalue weighted by molar-refractivity contribution is 5.95. The Hall–Kier alpha value is -0.990. The second kappa shape index (κ2) is 3.30. The quantitative estimate of drug-likeness (QED) is 0.695. The van der Waals surface area contributed by atoms with Crippen molar-refractivity contribution in [2.24, 2.45) is 0 Å². The van der Waals surface area contributed by atoms with E-state index in [1.54, 1.807) is 0 Å². The van der Waals surface area contributed by atoms with Crippen molar-refractivity contribution in [3.05, 3.63) is 11.3 Å². The zero-order valence-corrected chi connectivity index (χ0v) is 8.85. The second-order valence-corrected chi connectivity index (χ2v) is 4.25. The fraction of sp³-hybridized carbons (Fsp3) is 0.727. The number of amides is 1. The summed E-state index contributed by atoms with van der Waals surface area (Å²) in [4.78, 5) is 11.8. The maximum Gasteiger partial charge on any atom is 0.253 e. The number of nitrogens with one attached hydrogen (secondary N) is 1. The Bertz CT molecular complexity index is 296. The molecule has 1 N–H and O–H groups in total. The molecular formula is C11H17NO2. The molecule has 0 aromatic carbocycles. The van der Waals surface area contributed by atoms with Crippen LogP contribution in [0.1, 0.15) is 46.0 Å². The van der Waals surface area contributed by atoms with Gasteiger partial charge in [0.1, 0.15) is 5.76 Å². The molecule has 0 radical (unpaired) electrons. The molecular weight excluding hydrogens is 178 g/mol. The predicted molar refractivity (Wildman–Crippen MR) is 53.4 cm³/mol. The molecule has 0 aromatic heterocycles. The van der Waals surface area contributed by atoms with Crippen molar-refractivity contribution in [1.82, 2.24) is 5.32 Å². The number of allylic oxidation sites excluding steroid dienone is 1. The van der Waals surface area contributed by atoms with Crippen LogP contribution in [0.2, 0.25) is 0 Å². The molecule has 0 fully saturated rings. The SMILES string of the molecule is CCC1(C)NC(=O)C2=C(CCCC2)O1. The lowest BCUT2D eigenvalue weighted by Gasteiger charge is -2.38. The van der Waals surface area contributed by atoms with E-state index in [0.29, 0.717) is 0 Å². The summed E-state index contributed by atoms with van der Waals surface area (Å²) in [6, 6.07) is 0. The molecule has 1 aliphatic heterocycles. The van der Waals surface area contributed by atoms with E-state index in [1.165, 1.54) is 0 Å². The third kappa shape index (κ3) is 1.51. The van der Waals surface area contributed by atoms with Crippen molar-refractivity contribution in [2.45, 2.75) is 51.7 Å². The van der Waals surface area contributed by atoms with Crippen LogP contribution in [0.25, 0.3) is 0 Å². The minimum absolute atomic E-state index is 0.0790. The molecule has 0 saturated heterocycles. The second-order valence-electron chi connectivity index (χ2n) is 4.25. The fourth-order valence-electron chi connectivity index (χ4n) is 2.00. The molecule has 0 saturated carbocycles. The highest BCUT2D eigenvalue weighted by atomic mass is 16.5. The lowest BCUT2D eigenvalue weighted by Crippen LogP contribution is -2.52. The summed E-state index contributed by atoms with van der Waals surface area (Å²) in [5.41, 5.74) is 0.398. The topological polar surface area (TPSA) is 38.3 Å². The number of carbonyl (C=O) groups is 1. The lowest BCUT2D eigenvalue weighted by molar-refractivity contribution is -0.131. The number of ether oxygens (including phenoxy) is 1. The lowest BCUT2D eigenvalue weighted by atomic mass is 9.94.